The monoisotopic (exact) mass is 632 g/mol. The quantitative estimate of drug-likeness (QED) is 0.262. The van der Waals surface area contributed by atoms with E-state index >= 15 is 0 Å². The highest BCUT2D eigenvalue weighted by atomic mass is 19.1. The van der Waals surface area contributed by atoms with Crippen LogP contribution in [0, 0.1) is 5.82 Å². The van der Waals surface area contributed by atoms with Gasteiger partial charge in [-0.05, 0) is 66.1 Å². The van der Waals surface area contributed by atoms with Crippen LogP contribution in [-0.4, -0.2) is 78.7 Å². The van der Waals surface area contributed by atoms with E-state index in [1.54, 1.807) is 36.4 Å². The number of aromatic nitrogens is 4. The second-order valence-electron chi connectivity index (χ2n) is 10.6. The van der Waals surface area contributed by atoms with Crippen LogP contribution < -0.4 is 29.2 Å². The fraction of sp³-hybridized carbons (Fsp3) is 0.344. The molecule has 0 aliphatic carbocycles. The van der Waals surface area contributed by atoms with Crippen LogP contribution in [0.5, 0.6) is 23.0 Å². The average molecular weight is 633 g/mol. The third-order valence-electron chi connectivity index (χ3n) is 7.66. The molecule has 14 heteroatoms. The Morgan fingerprint density at radius 2 is 1.78 bits per heavy atom. The summed E-state index contributed by atoms with van der Waals surface area (Å²) < 4.78 is 41.9. The summed E-state index contributed by atoms with van der Waals surface area (Å²) >= 11 is 0. The predicted octanol–water partition coefficient (Wildman–Crippen LogP) is 3.34. The Balaban J connectivity index is 1.35. The minimum atomic E-state index is -1.19. The van der Waals surface area contributed by atoms with Crippen LogP contribution >= 0.6 is 0 Å². The summed E-state index contributed by atoms with van der Waals surface area (Å²) in [6.07, 6.45) is 1.58. The molecule has 1 N–H and O–H groups in total. The molecule has 6 rings (SSSR count). The molecule has 1 fully saturated rings. The van der Waals surface area contributed by atoms with Crippen molar-refractivity contribution in [3.05, 3.63) is 72.0 Å². The summed E-state index contributed by atoms with van der Waals surface area (Å²) in [5, 5.41) is 15.6. The van der Waals surface area contributed by atoms with E-state index in [9.17, 15) is 14.0 Å². The first-order chi connectivity index (χ1) is 22.4. The molecule has 1 saturated heterocycles. The number of hydrogen-bond acceptors (Lipinski definition) is 10. The molecular formula is C32H33FN6O7. The fourth-order valence-corrected chi connectivity index (χ4v) is 5.40. The Kier molecular flexibility index (Phi) is 9.24. The van der Waals surface area contributed by atoms with Crippen LogP contribution in [0.25, 0.3) is 11.4 Å². The van der Waals surface area contributed by atoms with Gasteiger partial charge in [0.25, 0.3) is 5.91 Å². The number of ether oxygens (including phenoxy) is 5. The highest BCUT2D eigenvalue weighted by Gasteiger charge is 2.35. The van der Waals surface area contributed by atoms with Crippen molar-refractivity contribution in [3.63, 3.8) is 0 Å². The second kappa shape index (κ2) is 13.8. The number of anilines is 1. The number of benzene rings is 3. The number of nitrogens with one attached hydrogen (secondary N) is 1. The number of halogens is 1. The smallest absolute Gasteiger partial charge is 0.251 e. The molecule has 0 bridgehead atoms. The second-order valence-corrected chi connectivity index (χ2v) is 10.6. The Labute approximate surface area is 264 Å². The predicted molar refractivity (Wildman–Crippen MR) is 162 cm³/mol. The number of methoxy groups -OCH3 is 2. The molecule has 3 heterocycles. The van der Waals surface area contributed by atoms with Crippen molar-refractivity contribution in [1.29, 1.82) is 0 Å². The number of fused-ring (bicyclic) bond motifs is 1. The summed E-state index contributed by atoms with van der Waals surface area (Å²) in [5.41, 5.74) is 1.35. The van der Waals surface area contributed by atoms with Gasteiger partial charge in [0.15, 0.2) is 23.0 Å². The molecule has 2 amide bonds. The first-order valence-corrected chi connectivity index (χ1v) is 14.8. The van der Waals surface area contributed by atoms with Gasteiger partial charge in [-0.2, -0.15) is 4.80 Å². The molecule has 3 aromatic carbocycles. The van der Waals surface area contributed by atoms with E-state index in [-0.39, 0.29) is 25.0 Å². The van der Waals surface area contributed by atoms with Gasteiger partial charge in [0.05, 0.1) is 20.3 Å². The normalized spacial score (nSPS) is 16.0. The molecule has 2 aliphatic heterocycles. The highest BCUT2D eigenvalue weighted by Crippen LogP contribution is 2.37. The highest BCUT2D eigenvalue weighted by molar-refractivity contribution is 6.01. The van der Waals surface area contributed by atoms with E-state index < -0.39 is 23.7 Å². The lowest BCUT2D eigenvalue weighted by molar-refractivity contribution is -0.127. The Morgan fingerprint density at radius 1 is 1.00 bits per heavy atom. The van der Waals surface area contributed by atoms with E-state index in [0.29, 0.717) is 59.6 Å². The lowest BCUT2D eigenvalue weighted by Gasteiger charge is -2.32. The van der Waals surface area contributed by atoms with E-state index in [0.717, 1.165) is 17.6 Å². The first-order valence-electron chi connectivity index (χ1n) is 14.8. The Bertz CT molecular complexity index is 1690. The number of carbonyl (C=O) groups excluding carboxylic acids is 2. The summed E-state index contributed by atoms with van der Waals surface area (Å²) in [7, 11) is 3.05. The van der Waals surface area contributed by atoms with Crippen molar-refractivity contribution in [2.45, 2.75) is 31.5 Å². The van der Waals surface area contributed by atoms with E-state index in [1.807, 2.05) is 0 Å². The summed E-state index contributed by atoms with van der Waals surface area (Å²) in [6.45, 7) is 1.24. The maximum absolute atomic E-state index is 14.3. The van der Waals surface area contributed by atoms with Gasteiger partial charge in [0.1, 0.15) is 31.6 Å². The van der Waals surface area contributed by atoms with E-state index in [1.165, 1.54) is 43.4 Å². The summed E-state index contributed by atoms with van der Waals surface area (Å²) in [5.74, 6) is 0.729. The Hall–Kier alpha value is -5.24. The van der Waals surface area contributed by atoms with Gasteiger partial charge in [-0.1, -0.05) is 12.1 Å². The molecule has 46 heavy (non-hydrogen) atoms. The number of nitrogens with zero attached hydrogens (tertiary/aromatic N) is 5. The number of tetrazole rings is 1. The number of carbonyl (C=O) groups is 2. The number of rotatable bonds is 11. The molecule has 0 unspecified atom stereocenters. The van der Waals surface area contributed by atoms with E-state index in [4.69, 9.17) is 23.7 Å². The summed E-state index contributed by atoms with van der Waals surface area (Å²) in [6, 6.07) is 14.4. The number of hydrogen-bond donors (Lipinski definition) is 1. The zero-order chi connectivity index (χ0) is 32.0. The van der Waals surface area contributed by atoms with Crippen molar-refractivity contribution in [2.24, 2.45) is 0 Å². The van der Waals surface area contributed by atoms with Crippen molar-refractivity contribution in [2.75, 3.05) is 45.5 Å². The van der Waals surface area contributed by atoms with Crippen molar-refractivity contribution < 1.29 is 37.7 Å². The molecule has 1 aromatic heterocycles. The molecule has 13 nitrogen and oxygen atoms in total. The maximum Gasteiger partial charge on any atom is 0.251 e. The van der Waals surface area contributed by atoms with Crippen LogP contribution in [0.1, 0.15) is 24.4 Å². The largest absolute Gasteiger partial charge is 0.493 e. The van der Waals surface area contributed by atoms with Gasteiger partial charge in [0.2, 0.25) is 11.7 Å². The molecule has 0 saturated carbocycles. The van der Waals surface area contributed by atoms with E-state index in [2.05, 4.69) is 20.7 Å². The van der Waals surface area contributed by atoms with Crippen LogP contribution in [0.15, 0.2) is 60.7 Å². The molecule has 0 radical (unpaired) electrons. The van der Waals surface area contributed by atoms with Crippen molar-refractivity contribution in [3.8, 4) is 34.4 Å². The minimum Gasteiger partial charge on any atom is -0.493 e. The SMILES string of the molecule is COc1ccc(-c2nnn(CC(=O)N(c3ccc4c(c3)OCCO4)[C@@H](C(=O)NC[C@@H]3CCCO3)c3ccc(F)cc3)n2)cc1OC. The third kappa shape index (κ3) is 6.71. The van der Waals surface area contributed by atoms with Gasteiger partial charge in [-0.15, -0.1) is 10.2 Å². The molecule has 4 aromatic rings. The lowest BCUT2D eigenvalue weighted by Crippen LogP contribution is -2.46. The lowest BCUT2D eigenvalue weighted by atomic mass is 10.0. The van der Waals surface area contributed by atoms with Gasteiger partial charge < -0.3 is 29.0 Å². The van der Waals surface area contributed by atoms with Gasteiger partial charge in [-0.3, -0.25) is 14.5 Å². The van der Waals surface area contributed by atoms with Crippen LogP contribution in [0.4, 0.5) is 10.1 Å². The topological polar surface area (TPSA) is 139 Å². The van der Waals surface area contributed by atoms with Crippen LogP contribution in [0.2, 0.25) is 0 Å². The molecular weight excluding hydrogens is 599 g/mol. The van der Waals surface area contributed by atoms with Crippen molar-refractivity contribution in [1.82, 2.24) is 25.5 Å². The zero-order valence-electron chi connectivity index (χ0n) is 25.3. The maximum atomic E-state index is 14.3. The minimum absolute atomic E-state index is 0.134. The zero-order valence-corrected chi connectivity index (χ0v) is 25.3. The van der Waals surface area contributed by atoms with Crippen LogP contribution in [-0.2, 0) is 20.9 Å². The molecule has 2 atom stereocenters. The van der Waals surface area contributed by atoms with Crippen molar-refractivity contribution >= 4 is 17.5 Å². The molecule has 0 spiro atoms. The standard InChI is InChI=1S/C32H33FN6O7/c1-42-25-11-7-21(16-27(25)43-2)31-35-37-38(36-31)19-29(40)39(23-10-12-26-28(17-23)46-15-14-45-26)30(20-5-8-22(33)9-6-20)32(41)34-18-24-4-3-13-44-24/h5-12,16-17,24,30H,3-4,13-15,18-19H2,1-2H3,(H,34,41)/t24-,30+/m0/s1. The number of amides is 2. The Morgan fingerprint density at radius 3 is 2.52 bits per heavy atom. The third-order valence-corrected chi connectivity index (χ3v) is 7.66. The van der Waals surface area contributed by atoms with Crippen LogP contribution in [0.3, 0.4) is 0 Å². The average Bonchev–Trinajstić information content (AvgIpc) is 3.79. The molecule has 240 valence electrons. The van der Waals surface area contributed by atoms with Gasteiger partial charge in [-0.25, -0.2) is 4.39 Å². The van der Waals surface area contributed by atoms with Gasteiger partial charge >= 0.3 is 0 Å². The van der Waals surface area contributed by atoms with Gasteiger partial charge in [0, 0.05) is 30.5 Å². The first kappa shape index (κ1) is 30.8. The fourth-order valence-electron chi connectivity index (χ4n) is 5.40. The molecule has 2 aliphatic rings. The summed E-state index contributed by atoms with van der Waals surface area (Å²) in [4.78, 5) is 30.7.